The van der Waals surface area contributed by atoms with Gasteiger partial charge in [0.15, 0.2) is 0 Å². The molecule has 2 rings (SSSR count). The molecule has 0 saturated carbocycles. The van der Waals surface area contributed by atoms with E-state index in [9.17, 15) is 4.79 Å². The fraction of sp³-hybridized carbons (Fsp3) is 0.462. The quantitative estimate of drug-likeness (QED) is 0.798. The first-order chi connectivity index (χ1) is 7.75. The molecule has 1 saturated heterocycles. The van der Waals surface area contributed by atoms with Crippen molar-refractivity contribution in [3.63, 3.8) is 0 Å². The summed E-state index contributed by atoms with van der Waals surface area (Å²) in [6.45, 7) is 2.97. The number of carbonyl (C=O) groups excluding carboxylic acids is 1. The van der Waals surface area contributed by atoms with Crippen molar-refractivity contribution in [1.82, 2.24) is 5.32 Å². The molecule has 86 valence electrons. The number of hydrogen-bond acceptors (Lipinski definition) is 2. The van der Waals surface area contributed by atoms with Crippen LogP contribution in [-0.2, 0) is 4.79 Å². The van der Waals surface area contributed by atoms with Gasteiger partial charge in [-0.15, -0.1) is 0 Å². The molecule has 2 N–H and O–H groups in total. The predicted molar refractivity (Wildman–Crippen MR) is 65.5 cm³/mol. The zero-order chi connectivity index (χ0) is 11.4. The van der Waals surface area contributed by atoms with Gasteiger partial charge >= 0.3 is 0 Å². The van der Waals surface area contributed by atoms with Crippen LogP contribution in [-0.4, -0.2) is 18.5 Å². The van der Waals surface area contributed by atoms with Crippen molar-refractivity contribution in [3.8, 4) is 0 Å². The van der Waals surface area contributed by atoms with Gasteiger partial charge in [-0.2, -0.15) is 0 Å². The lowest BCUT2D eigenvalue weighted by atomic mass is 10.0. The van der Waals surface area contributed by atoms with Crippen LogP contribution in [0.4, 0.5) is 5.69 Å². The van der Waals surface area contributed by atoms with Crippen LogP contribution in [0.5, 0.6) is 0 Å². The Labute approximate surface area is 96.2 Å². The summed E-state index contributed by atoms with van der Waals surface area (Å²) in [4.78, 5) is 11.9. The van der Waals surface area contributed by atoms with E-state index in [-0.39, 0.29) is 11.9 Å². The second kappa shape index (κ2) is 5.12. The van der Waals surface area contributed by atoms with Gasteiger partial charge in [-0.1, -0.05) is 18.6 Å². The molecule has 1 amide bonds. The number of nitrogens with one attached hydrogen (secondary N) is 2. The Morgan fingerprint density at radius 1 is 1.44 bits per heavy atom. The highest BCUT2D eigenvalue weighted by atomic mass is 16.2. The zero-order valence-electron chi connectivity index (χ0n) is 9.62. The van der Waals surface area contributed by atoms with Gasteiger partial charge in [-0.3, -0.25) is 4.79 Å². The molecule has 1 atom stereocenters. The Hall–Kier alpha value is -1.35. The van der Waals surface area contributed by atoms with Gasteiger partial charge in [0, 0.05) is 5.69 Å². The van der Waals surface area contributed by atoms with E-state index < -0.39 is 0 Å². The van der Waals surface area contributed by atoms with E-state index in [4.69, 9.17) is 0 Å². The van der Waals surface area contributed by atoms with Gasteiger partial charge in [-0.25, -0.2) is 0 Å². The monoisotopic (exact) mass is 218 g/mol. The highest BCUT2D eigenvalue weighted by Gasteiger charge is 2.20. The van der Waals surface area contributed by atoms with Crippen LogP contribution in [0.1, 0.15) is 24.8 Å². The summed E-state index contributed by atoms with van der Waals surface area (Å²) in [5, 5.41) is 6.19. The van der Waals surface area contributed by atoms with Crippen LogP contribution in [0.2, 0.25) is 0 Å². The van der Waals surface area contributed by atoms with Crippen molar-refractivity contribution in [2.75, 3.05) is 11.9 Å². The molecular formula is C13H18N2O. The first-order valence-corrected chi connectivity index (χ1v) is 5.86. The summed E-state index contributed by atoms with van der Waals surface area (Å²) in [7, 11) is 0. The molecule has 0 radical (unpaired) electrons. The molecule has 0 aliphatic carbocycles. The first kappa shape index (κ1) is 11.1. The average molecular weight is 218 g/mol. The van der Waals surface area contributed by atoms with E-state index in [0.717, 1.165) is 30.6 Å². The minimum absolute atomic E-state index is 0.0192. The molecule has 1 fully saturated rings. The summed E-state index contributed by atoms with van der Waals surface area (Å²) in [5.41, 5.74) is 2.05. The third kappa shape index (κ3) is 2.83. The number of anilines is 1. The Balaban J connectivity index is 1.96. The molecule has 16 heavy (non-hydrogen) atoms. The second-order valence-corrected chi connectivity index (χ2v) is 4.36. The molecular weight excluding hydrogens is 200 g/mol. The topological polar surface area (TPSA) is 41.1 Å². The summed E-state index contributed by atoms with van der Waals surface area (Å²) in [6.07, 6.45) is 3.25. The average Bonchev–Trinajstić information content (AvgIpc) is 2.30. The third-order valence-corrected chi connectivity index (χ3v) is 2.91. The molecule has 1 aromatic rings. The molecule has 1 aromatic carbocycles. The highest BCUT2D eigenvalue weighted by Crippen LogP contribution is 2.12. The van der Waals surface area contributed by atoms with Crippen LogP contribution < -0.4 is 10.6 Å². The number of rotatable bonds is 2. The van der Waals surface area contributed by atoms with Crippen LogP contribution in [0.25, 0.3) is 0 Å². The lowest BCUT2D eigenvalue weighted by Gasteiger charge is -2.22. The Bertz CT molecular complexity index is 370. The minimum Gasteiger partial charge on any atom is -0.325 e. The molecule has 0 unspecified atom stereocenters. The maximum absolute atomic E-state index is 11.9. The first-order valence-electron chi connectivity index (χ1n) is 5.86. The Morgan fingerprint density at radius 3 is 3.00 bits per heavy atom. The number of piperidine rings is 1. The van der Waals surface area contributed by atoms with E-state index in [2.05, 4.69) is 10.6 Å². The van der Waals surface area contributed by atoms with Crippen molar-refractivity contribution in [3.05, 3.63) is 29.8 Å². The fourth-order valence-electron chi connectivity index (χ4n) is 2.03. The van der Waals surface area contributed by atoms with Crippen molar-refractivity contribution in [2.45, 2.75) is 32.2 Å². The van der Waals surface area contributed by atoms with E-state index >= 15 is 0 Å². The van der Waals surface area contributed by atoms with Gasteiger partial charge in [-0.05, 0) is 44.0 Å². The van der Waals surface area contributed by atoms with Crippen LogP contribution in [0.15, 0.2) is 24.3 Å². The molecule has 0 bridgehead atoms. The van der Waals surface area contributed by atoms with Crippen LogP contribution in [0, 0.1) is 6.92 Å². The van der Waals surface area contributed by atoms with Gasteiger partial charge in [0.25, 0.3) is 0 Å². The van der Waals surface area contributed by atoms with E-state index in [0.29, 0.717) is 0 Å². The summed E-state index contributed by atoms with van der Waals surface area (Å²) in [5.74, 6) is 0.0882. The van der Waals surface area contributed by atoms with Crippen LogP contribution in [0.3, 0.4) is 0 Å². The standard InChI is InChI=1S/C13H18N2O/c1-10-5-4-6-11(9-10)15-13(16)12-7-2-3-8-14-12/h4-6,9,12,14H,2-3,7-8H2,1H3,(H,15,16)/t12-/m0/s1. The molecule has 3 nitrogen and oxygen atoms in total. The Kier molecular flexibility index (Phi) is 3.57. The number of amides is 1. The van der Waals surface area contributed by atoms with Gasteiger partial charge in [0.1, 0.15) is 0 Å². The predicted octanol–water partition coefficient (Wildman–Crippen LogP) is 2.08. The van der Waals surface area contributed by atoms with Crippen LogP contribution >= 0.6 is 0 Å². The van der Waals surface area contributed by atoms with Gasteiger partial charge in [0.2, 0.25) is 5.91 Å². The Morgan fingerprint density at radius 2 is 2.31 bits per heavy atom. The van der Waals surface area contributed by atoms with E-state index in [1.54, 1.807) is 0 Å². The molecule has 0 spiro atoms. The fourth-order valence-corrected chi connectivity index (χ4v) is 2.03. The van der Waals surface area contributed by atoms with Crippen molar-refractivity contribution < 1.29 is 4.79 Å². The van der Waals surface area contributed by atoms with Crippen molar-refractivity contribution >= 4 is 11.6 Å². The van der Waals surface area contributed by atoms with Crippen molar-refractivity contribution in [1.29, 1.82) is 0 Å². The maximum Gasteiger partial charge on any atom is 0.241 e. The lowest BCUT2D eigenvalue weighted by molar-refractivity contribution is -0.118. The number of hydrogen-bond donors (Lipinski definition) is 2. The number of aryl methyl sites for hydroxylation is 1. The SMILES string of the molecule is Cc1cccc(NC(=O)[C@@H]2CCCCN2)c1. The summed E-state index contributed by atoms with van der Waals surface area (Å²) in [6, 6.07) is 7.87. The molecule has 1 aliphatic heterocycles. The molecule has 3 heteroatoms. The second-order valence-electron chi connectivity index (χ2n) is 4.36. The third-order valence-electron chi connectivity index (χ3n) is 2.91. The molecule has 1 aliphatic rings. The van der Waals surface area contributed by atoms with E-state index in [1.807, 2.05) is 31.2 Å². The van der Waals surface area contributed by atoms with Gasteiger partial charge in [0.05, 0.1) is 6.04 Å². The zero-order valence-corrected chi connectivity index (χ0v) is 9.62. The maximum atomic E-state index is 11.9. The summed E-state index contributed by atoms with van der Waals surface area (Å²) >= 11 is 0. The molecule has 1 heterocycles. The van der Waals surface area contributed by atoms with E-state index in [1.165, 1.54) is 6.42 Å². The normalized spacial score (nSPS) is 20.4. The smallest absolute Gasteiger partial charge is 0.241 e. The van der Waals surface area contributed by atoms with Gasteiger partial charge < -0.3 is 10.6 Å². The number of carbonyl (C=O) groups is 1. The number of benzene rings is 1. The molecule has 0 aromatic heterocycles. The minimum atomic E-state index is -0.0192. The lowest BCUT2D eigenvalue weighted by Crippen LogP contribution is -2.43. The van der Waals surface area contributed by atoms with Crippen molar-refractivity contribution in [2.24, 2.45) is 0 Å². The summed E-state index contributed by atoms with van der Waals surface area (Å²) < 4.78 is 0. The largest absolute Gasteiger partial charge is 0.325 e. The highest BCUT2D eigenvalue weighted by molar-refractivity contribution is 5.94.